The summed E-state index contributed by atoms with van der Waals surface area (Å²) >= 11 is 0. The number of fused-ring (bicyclic) bond motifs is 1. The third-order valence-corrected chi connectivity index (χ3v) is 6.63. The molecule has 2 atom stereocenters. The summed E-state index contributed by atoms with van der Waals surface area (Å²) in [6, 6.07) is 8.43. The van der Waals surface area contributed by atoms with Crippen LogP contribution in [-0.4, -0.2) is 71.9 Å². The van der Waals surface area contributed by atoms with Gasteiger partial charge in [-0.1, -0.05) is 0 Å². The van der Waals surface area contributed by atoms with Crippen LogP contribution in [-0.2, 0) is 12.8 Å². The molecule has 0 bridgehead atoms. The van der Waals surface area contributed by atoms with Gasteiger partial charge in [0.05, 0.1) is 55.7 Å². The zero-order valence-electron chi connectivity index (χ0n) is 20.4. The summed E-state index contributed by atoms with van der Waals surface area (Å²) in [5, 5.41) is 9.53. The number of methoxy groups -OCH3 is 5. The SMILES string of the molecule is COc1cc2c(cc1OC)C(Cc1cc(OC)c(OC)c(OC)c1)[N+](C)(CCCO)CC2.[Cl-]. The second-order valence-electron chi connectivity index (χ2n) is 8.41. The molecule has 0 amide bonds. The Morgan fingerprint density at radius 3 is 1.94 bits per heavy atom. The van der Waals surface area contributed by atoms with Gasteiger partial charge in [-0.3, -0.25) is 0 Å². The first-order valence-corrected chi connectivity index (χ1v) is 10.9. The number of nitrogens with zero attached hydrogens (tertiary/aromatic N) is 1. The monoisotopic (exact) mass is 481 g/mol. The second-order valence-corrected chi connectivity index (χ2v) is 8.41. The number of likely N-dealkylation sites (N-methyl/N-ethyl adjacent to an activating group) is 1. The molecule has 0 spiro atoms. The maximum atomic E-state index is 9.53. The molecule has 0 radical (unpaired) electrons. The highest BCUT2D eigenvalue weighted by Crippen LogP contribution is 2.44. The standard InChI is InChI=1S/C25H36NO6.ClH/c1-26(9-7-11-27)10-8-18-15-21(28-2)22(29-3)16-19(18)20(26)12-17-13-23(30-4)25(32-6)24(14-17)31-5;/h13-16,20,27H,7-12H2,1-6H3;1H/q+1;/p-1. The molecular formula is C25H36ClNO6. The van der Waals surface area contributed by atoms with Gasteiger partial charge in [-0.25, -0.2) is 0 Å². The summed E-state index contributed by atoms with van der Waals surface area (Å²) < 4.78 is 28.7. The van der Waals surface area contributed by atoms with Crippen molar-refractivity contribution in [3.05, 3.63) is 41.0 Å². The maximum absolute atomic E-state index is 9.53. The molecule has 184 valence electrons. The van der Waals surface area contributed by atoms with E-state index in [0.717, 1.165) is 53.9 Å². The number of aliphatic hydroxyl groups excluding tert-OH is 1. The van der Waals surface area contributed by atoms with E-state index in [-0.39, 0.29) is 25.1 Å². The van der Waals surface area contributed by atoms with Crippen molar-refractivity contribution in [3.8, 4) is 28.7 Å². The third kappa shape index (κ3) is 5.42. The molecule has 3 rings (SSSR count). The van der Waals surface area contributed by atoms with Crippen LogP contribution in [0.4, 0.5) is 0 Å². The van der Waals surface area contributed by atoms with E-state index < -0.39 is 0 Å². The number of ether oxygens (including phenoxy) is 5. The summed E-state index contributed by atoms with van der Waals surface area (Å²) in [6.45, 7) is 2.06. The van der Waals surface area contributed by atoms with Crippen LogP contribution >= 0.6 is 0 Å². The van der Waals surface area contributed by atoms with Crippen LogP contribution in [0, 0.1) is 0 Å². The van der Waals surface area contributed by atoms with Crippen LogP contribution in [0.5, 0.6) is 28.7 Å². The van der Waals surface area contributed by atoms with Gasteiger partial charge < -0.3 is 45.7 Å². The van der Waals surface area contributed by atoms with E-state index in [4.69, 9.17) is 23.7 Å². The Balaban J connectivity index is 0.00000385. The number of benzene rings is 2. The molecule has 0 saturated carbocycles. The molecule has 1 aliphatic rings. The minimum absolute atomic E-state index is 0. The molecule has 7 nitrogen and oxygen atoms in total. The zero-order valence-corrected chi connectivity index (χ0v) is 21.2. The molecule has 0 saturated heterocycles. The van der Waals surface area contributed by atoms with Crippen LogP contribution in [0.2, 0.25) is 0 Å². The Morgan fingerprint density at radius 1 is 0.848 bits per heavy atom. The van der Waals surface area contributed by atoms with Gasteiger partial charge in [0.25, 0.3) is 0 Å². The van der Waals surface area contributed by atoms with Gasteiger partial charge in [0.15, 0.2) is 23.0 Å². The lowest BCUT2D eigenvalue weighted by molar-refractivity contribution is -0.941. The van der Waals surface area contributed by atoms with Gasteiger partial charge >= 0.3 is 0 Å². The molecule has 0 aliphatic carbocycles. The Morgan fingerprint density at radius 2 is 1.42 bits per heavy atom. The van der Waals surface area contributed by atoms with Crippen LogP contribution in [0.15, 0.2) is 24.3 Å². The lowest BCUT2D eigenvalue weighted by Gasteiger charge is -2.46. The molecule has 0 aromatic heterocycles. The summed E-state index contributed by atoms with van der Waals surface area (Å²) in [7, 11) is 10.5. The largest absolute Gasteiger partial charge is 1.00 e. The lowest BCUT2D eigenvalue weighted by Crippen LogP contribution is -3.00. The molecule has 8 heteroatoms. The first-order valence-electron chi connectivity index (χ1n) is 10.9. The molecular weight excluding hydrogens is 446 g/mol. The number of halogens is 1. The van der Waals surface area contributed by atoms with Crippen molar-refractivity contribution in [3.63, 3.8) is 0 Å². The number of rotatable bonds is 10. The van der Waals surface area contributed by atoms with E-state index in [2.05, 4.69) is 19.2 Å². The smallest absolute Gasteiger partial charge is 0.203 e. The molecule has 1 heterocycles. The number of hydrogen-bond donors (Lipinski definition) is 1. The minimum atomic E-state index is 0. The van der Waals surface area contributed by atoms with Gasteiger partial charge in [0.2, 0.25) is 5.75 Å². The Hall–Kier alpha value is -2.35. The Kier molecular flexibility index (Phi) is 9.52. The van der Waals surface area contributed by atoms with Gasteiger partial charge in [-0.2, -0.15) is 0 Å². The van der Waals surface area contributed by atoms with E-state index >= 15 is 0 Å². The average Bonchev–Trinajstić information content (AvgIpc) is 2.83. The Labute approximate surface area is 203 Å². The second kappa shape index (κ2) is 11.7. The van der Waals surface area contributed by atoms with Crippen molar-refractivity contribution in [2.45, 2.75) is 25.3 Å². The van der Waals surface area contributed by atoms with Crippen molar-refractivity contribution in [1.82, 2.24) is 0 Å². The van der Waals surface area contributed by atoms with Crippen LogP contribution in [0.1, 0.15) is 29.2 Å². The number of aliphatic hydroxyl groups is 1. The molecule has 2 aromatic carbocycles. The summed E-state index contributed by atoms with van der Waals surface area (Å²) in [6.07, 6.45) is 2.48. The fraction of sp³-hybridized carbons (Fsp3) is 0.520. The minimum Gasteiger partial charge on any atom is -1.00 e. The summed E-state index contributed by atoms with van der Waals surface area (Å²) in [4.78, 5) is 0. The molecule has 0 fully saturated rings. The molecule has 2 aromatic rings. The summed E-state index contributed by atoms with van der Waals surface area (Å²) in [5.41, 5.74) is 3.63. The molecule has 2 unspecified atom stereocenters. The maximum Gasteiger partial charge on any atom is 0.203 e. The molecule has 1 aliphatic heterocycles. The fourth-order valence-corrected chi connectivity index (χ4v) is 4.84. The van der Waals surface area contributed by atoms with E-state index in [1.165, 1.54) is 11.1 Å². The zero-order chi connectivity index (χ0) is 23.3. The first kappa shape index (κ1) is 26.9. The third-order valence-electron chi connectivity index (χ3n) is 6.63. The summed E-state index contributed by atoms with van der Waals surface area (Å²) in [5.74, 6) is 3.37. The van der Waals surface area contributed by atoms with Crippen molar-refractivity contribution in [2.24, 2.45) is 0 Å². The van der Waals surface area contributed by atoms with E-state index in [1.807, 2.05) is 12.1 Å². The lowest BCUT2D eigenvalue weighted by atomic mass is 9.86. The van der Waals surface area contributed by atoms with Crippen molar-refractivity contribution in [1.29, 1.82) is 0 Å². The number of quaternary nitrogens is 1. The topological polar surface area (TPSA) is 66.4 Å². The van der Waals surface area contributed by atoms with Gasteiger partial charge in [-0.05, 0) is 35.4 Å². The van der Waals surface area contributed by atoms with Gasteiger partial charge in [-0.15, -0.1) is 0 Å². The van der Waals surface area contributed by atoms with Crippen LogP contribution in [0.25, 0.3) is 0 Å². The first-order chi connectivity index (χ1) is 15.4. The van der Waals surface area contributed by atoms with Crippen molar-refractivity contribution in [2.75, 3.05) is 62.3 Å². The normalized spacial score (nSPS) is 19.2. The van der Waals surface area contributed by atoms with E-state index in [9.17, 15) is 5.11 Å². The number of hydrogen-bond acceptors (Lipinski definition) is 6. The van der Waals surface area contributed by atoms with Crippen molar-refractivity contribution >= 4 is 0 Å². The quantitative estimate of drug-likeness (QED) is 0.496. The predicted octanol–water partition coefficient (Wildman–Crippen LogP) is 0.403. The van der Waals surface area contributed by atoms with E-state index in [0.29, 0.717) is 17.2 Å². The van der Waals surface area contributed by atoms with Crippen LogP contribution < -0.4 is 36.1 Å². The van der Waals surface area contributed by atoms with Gasteiger partial charge in [0, 0.05) is 31.4 Å². The molecule has 1 N–H and O–H groups in total. The molecule has 33 heavy (non-hydrogen) atoms. The highest BCUT2D eigenvalue weighted by molar-refractivity contribution is 5.54. The van der Waals surface area contributed by atoms with E-state index in [1.54, 1.807) is 35.5 Å². The van der Waals surface area contributed by atoms with Crippen molar-refractivity contribution < 1.29 is 45.7 Å². The predicted molar refractivity (Wildman–Crippen MR) is 123 cm³/mol. The average molecular weight is 482 g/mol. The fourth-order valence-electron chi connectivity index (χ4n) is 4.84. The van der Waals surface area contributed by atoms with Gasteiger partial charge in [0.1, 0.15) is 6.04 Å². The highest BCUT2D eigenvalue weighted by Gasteiger charge is 2.39. The Bertz CT molecular complexity index is 912. The van der Waals surface area contributed by atoms with Crippen LogP contribution in [0.3, 0.4) is 0 Å². The highest BCUT2D eigenvalue weighted by atomic mass is 35.5.